The molecule has 0 unspecified atom stereocenters. The van der Waals surface area contributed by atoms with Crippen LogP contribution in [0.2, 0.25) is 0 Å². The quantitative estimate of drug-likeness (QED) is 0.660. The van der Waals surface area contributed by atoms with Gasteiger partial charge in [0.25, 0.3) is 5.69 Å². The van der Waals surface area contributed by atoms with Crippen molar-refractivity contribution >= 4 is 17.3 Å². The van der Waals surface area contributed by atoms with Gasteiger partial charge in [0, 0.05) is 19.2 Å². The number of hydrogen-bond donors (Lipinski definition) is 1. The second-order valence-electron chi connectivity index (χ2n) is 6.71. The van der Waals surface area contributed by atoms with Gasteiger partial charge in [-0.2, -0.15) is 0 Å². The van der Waals surface area contributed by atoms with E-state index in [0.29, 0.717) is 17.5 Å². The van der Waals surface area contributed by atoms with E-state index in [1.807, 2.05) is 6.92 Å². The summed E-state index contributed by atoms with van der Waals surface area (Å²) in [7, 11) is 1.42. The maximum atomic E-state index is 12.6. The molecule has 1 heterocycles. The topological polar surface area (TPSA) is 84.7 Å². The molecule has 1 amide bonds. The van der Waals surface area contributed by atoms with Gasteiger partial charge in [-0.15, -0.1) is 0 Å². The number of rotatable bonds is 5. The molecule has 1 aromatic rings. The summed E-state index contributed by atoms with van der Waals surface area (Å²) < 4.78 is 5.16. The van der Waals surface area contributed by atoms with Crippen LogP contribution in [0.25, 0.3) is 0 Å². The number of piperidine rings is 1. The number of carbonyl (C=O) groups excluding carboxylic acids is 1. The van der Waals surface area contributed by atoms with E-state index in [9.17, 15) is 14.9 Å². The van der Waals surface area contributed by atoms with Gasteiger partial charge in [-0.3, -0.25) is 19.8 Å². The fourth-order valence-electron chi connectivity index (χ4n) is 3.33. The van der Waals surface area contributed by atoms with Crippen LogP contribution in [0, 0.1) is 22.0 Å². The molecular weight excluding hydrogens is 310 g/mol. The molecule has 7 heteroatoms. The number of ether oxygens (including phenoxy) is 1. The summed E-state index contributed by atoms with van der Waals surface area (Å²) in [5, 5.41) is 13.7. The Labute approximate surface area is 142 Å². The van der Waals surface area contributed by atoms with E-state index in [-0.39, 0.29) is 23.4 Å². The molecule has 0 radical (unpaired) electrons. The predicted molar refractivity (Wildman–Crippen MR) is 92.3 cm³/mol. The highest BCUT2D eigenvalue weighted by Gasteiger charge is 2.29. The van der Waals surface area contributed by atoms with Crippen LogP contribution >= 0.6 is 0 Å². The van der Waals surface area contributed by atoms with E-state index >= 15 is 0 Å². The Kier molecular flexibility index (Phi) is 5.77. The minimum Gasteiger partial charge on any atom is -0.494 e. The lowest BCUT2D eigenvalue weighted by atomic mass is 9.91. The lowest BCUT2D eigenvalue weighted by Gasteiger charge is -2.38. The summed E-state index contributed by atoms with van der Waals surface area (Å²) in [6.45, 7) is 8.09. The Morgan fingerprint density at radius 3 is 2.54 bits per heavy atom. The minimum atomic E-state index is -0.493. The predicted octanol–water partition coefficient (Wildman–Crippen LogP) is 2.91. The Morgan fingerprint density at radius 2 is 2.00 bits per heavy atom. The monoisotopic (exact) mass is 335 g/mol. The Morgan fingerprint density at radius 1 is 1.38 bits per heavy atom. The van der Waals surface area contributed by atoms with Crippen molar-refractivity contribution in [3.63, 3.8) is 0 Å². The number of likely N-dealkylation sites (tertiary alicyclic amines) is 1. The number of non-ortho nitro benzene ring substituents is 1. The van der Waals surface area contributed by atoms with Gasteiger partial charge >= 0.3 is 0 Å². The third kappa shape index (κ3) is 4.23. The number of nitro groups is 1. The van der Waals surface area contributed by atoms with Gasteiger partial charge in [0.1, 0.15) is 5.75 Å². The van der Waals surface area contributed by atoms with E-state index in [1.54, 1.807) is 0 Å². The maximum absolute atomic E-state index is 12.6. The first-order chi connectivity index (χ1) is 11.3. The number of methoxy groups -OCH3 is 1. The molecule has 1 saturated heterocycles. The third-order valence-corrected chi connectivity index (χ3v) is 4.48. The number of anilines is 1. The molecule has 0 aromatic heterocycles. The third-order valence-electron chi connectivity index (χ3n) is 4.48. The number of nitro benzene ring substituents is 1. The zero-order valence-electron chi connectivity index (χ0n) is 14.6. The van der Waals surface area contributed by atoms with Gasteiger partial charge in [0.15, 0.2) is 0 Å². The van der Waals surface area contributed by atoms with Crippen LogP contribution in [0.5, 0.6) is 5.75 Å². The molecule has 0 aliphatic carbocycles. The van der Waals surface area contributed by atoms with Crippen molar-refractivity contribution in [2.24, 2.45) is 11.8 Å². The van der Waals surface area contributed by atoms with Crippen LogP contribution in [0.1, 0.15) is 27.2 Å². The Hall–Kier alpha value is -2.15. The number of nitrogens with zero attached hydrogens (tertiary/aromatic N) is 2. The summed E-state index contributed by atoms with van der Waals surface area (Å²) in [6, 6.07) is 3.90. The molecule has 0 saturated carbocycles. The summed E-state index contributed by atoms with van der Waals surface area (Å²) in [5.41, 5.74) is 0.370. The van der Waals surface area contributed by atoms with E-state index in [4.69, 9.17) is 4.74 Å². The van der Waals surface area contributed by atoms with Crippen molar-refractivity contribution in [3.05, 3.63) is 28.3 Å². The van der Waals surface area contributed by atoms with Crippen LogP contribution in [0.4, 0.5) is 11.4 Å². The molecule has 0 bridgehead atoms. The van der Waals surface area contributed by atoms with Gasteiger partial charge in [0.05, 0.1) is 29.8 Å². The Balaban J connectivity index is 2.09. The smallest absolute Gasteiger partial charge is 0.273 e. The molecule has 1 N–H and O–H groups in total. The molecular formula is C17H25N3O4. The Bertz CT molecular complexity index is 610. The van der Waals surface area contributed by atoms with Crippen molar-refractivity contribution in [1.29, 1.82) is 0 Å². The first-order valence-corrected chi connectivity index (χ1v) is 8.19. The fraction of sp³-hybridized carbons (Fsp3) is 0.588. The van der Waals surface area contributed by atoms with Crippen LogP contribution in [-0.4, -0.2) is 42.0 Å². The number of hydrogen-bond acceptors (Lipinski definition) is 5. The fourth-order valence-corrected chi connectivity index (χ4v) is 3.33. The minimum absolute atomic E-state index is 0.0726. The SMILES string of the molecule is COc1cc([N+](=O)[O-])ccc1NC(=O)[C@H](C)N1C[C@H](C)C[C@H](C)C1. The van der Waals surface area contributed by atoms with E-state index < -0.39 is 4.92 Å². The molecule has 24 heavy (non-hydrogen) atoms. The van der Waals surface area contributed by atoms with Crippen molar-refractivity contribution < 1.29 is 14.5 Å². The normalized spacial score (nSPS) is 22.7. The summed E-state index contributed by atoms with van der Waals surface area (Å²) in [6.07, 6.45) is 1.18. The average molecular weight is 335 g/mol. The summed E-state index contributed by atoms with van der Waals surface area (Å²) >= 11 is 0. The van der Waals surface area contributed by atoms with Crippen molar-refractivity contribution in [2.75, 3.05) is 25.5 Å². The number of nitrogens with one attached hydrogen (secondary N) is 1. The highest BCUT2D eigenvalue weighted by atomic mass is 16.6. The molecule has 1 aliphatic rings. The van der Waals surface area contributed by atoms with E-state index in [1.165, 1.54) is 31.7 Å². The molecule has 1 aliphatic heterocycles. The van der Waals surface area contributed by atoms with Crippen molar-refractivity contribution in [1.82, 2.24) is 4.90 Å². The van der Waals surface area contributed by atoms with Crippen LogP contribution in [0.3, 0.4) is 0 Å². The highest BCUT2D eigenvalue weighted by Crippen LogP contribution is 2.29. The largest absolute Gasteiger partial charge is 0.494 e. The molecule has 0 spiro atoms. The molecule has 3 atom stereocenters. The zero-order valence-corrected chi connectivity index (χ0v) is 14.6. The number of amides is 1. The lowest BCUT2D eigenvalue weighted by Crippen LogP contribution is -2.48. The average Bonchev–Trinajstić information content (AvgIpc) is 2.53. The summed E-state index contributed by atoms with van der Waals surface area (Å²) in [5.74, 6) is 1.28. The first-order valence-electron chi connectivity index (χ1n) is 8.19. The molecule has 2 rings (SSSR count). The summed E-state index contributed by atoms with van der Waals surface area (Å²) in [4.78, 5) is 25.1. The van der Waals surface area contributed by atoms with Gasteiger partial charge in [-0.05, 0) is 31.2 Å². The highest BCUT2D eigenvalue weighted by molar-refractivity contribution is 5.96. The van der Waals surface area contributed by atoms with Crippen LogP contribution < -0.4 is 10.1 Å². The molecule has 1 fully saturated rings. The zero-order chi connectivity index (χ0) is 17.9. The van der Waals surface area contributed by atoms with Crippen LogP contribution in [-0.2, 0) is 4.79 Å². The van der Waals surface area contributed by atoms with Gasteiger partial charge in [0.2, 0.25) is 5.91 Å². The second kappa shape index (κ2) is 7.61. The number of benzene rings is 1. The standard InChI is InChI=1S/C17H25N3O4/c1-11-7-12(2)10-19(9-11)13(3)17(21)18-15-6-5-14(20(22)23)8-16(15)24-4/h5-6,8,11-13H,7,9-10H2,1-4H3,(H,18,21)/t11-,12+,13-/m0/s1. The molecule has 1 aromatic carbocycles. The second-order valence-corrected chi connectivity index (χ2v) is 6.71. The molecule has 132 valence electrons. The van der Waals surface area contributed by atoms with E-state index in [0.717, 1.165) is 13.1 Å². The lowest BCUT2D eigenvalue weighted by molar-refractivity contribution is -0.384. The van der Waals surface area contributed by atoms with Crippen LogP contribution in [0.15, 0.2) is 18.2 Å². The van der Waals surface area contributed by atoms with Gasteiger partial charge in [-0.1, -0.05) is 13.8 Å². The van der Waals surface area contributed by atoms with Crippen molar-refractivity contribution in [3.8, 4) is 5.75 Å². The maximum Gasteiger partial charge on any atom is 0.273 e. The molecule has 7 nitrogen and oxygen atoms in total. The van der Waals surface area contributed by atoms with E-state index in [2.05, 4.69) is 24.1 Å². The first kappa shape index (κ1) is 18.2. The van der Waals surface area contributed by atoms with Gasteiger partial charge in [-0.25, -0.2) is 0 Å². The number of carbonyl (C=O) groups is 1. The van der Waals surface area contributed by atoms with Gasteiger partial charge < -0.3 is 10.1 Å². The van der Waals surface area contributed by atoms with Crippen molar-refractivity contribution in [2.45, 2.75) is 33.2 Å².